The zero-order valence-electron chi connectivity index (χ0n) is 6.60. The molecule has 2 aliphatic rings. The summed E-state index contributed by atoms with van der Waals surface area (Å²) in [6.45, 7) is 4.07. The van der Waals surface area contributed by atoms with Gasteiger partial charge in [0.1, 0.15) is 0 Å². The molecule has 0 aromatic rings. The van der Waals surface area contributed by atoms with E-state index in [1.807, 2.05) is 0 Å². The molecular weight excluding hydrogens is 120 g/mol. The van der Waals surface area contributed by atoms with Crippen molar-refractivity contribution in [1.29, 1.82) is 0 Å². The second-order valence-corrected chi connectivity index (χ2v) is 3.94. The average Bonchev–Trinajstić information content (AvgIpc) is 2.33. The maximum absolute atomic E-state index is 4.07. The van der Waals surface area contributed by atoms with Gasteiger partial charge in [0.2, 0.25) is 0 Å². The van der Waals surface area contributed by atoms with Crippen molar-refractivity contribution in [1.82, 2.24) is 0 Å². The summed E-state index contributed by atoms with van der Waals surface area (Å²) < 4.78 is 0. The molecule has 2 fully saturated rings. The first-order valence-corrected chi connectivity index (χ1v) is 4.53. The topological polar surface area (TPSA) is 0 Å². The fourth-order valence-corrected chi connectivity index (χ4v) is 2.62. The van der Waals surface area contributed by atoms with Crippen molar-refractivity contribution >= 4 is 0 Å². The molecule has 0 saturated heterocycles. The van der Waals surface area contributed by atoms with Crippen molar-refractivity contribution < 1.29 is 0 Å². The number of hydrogen-bond acceptors (Lipinski definition) is 0. The van der Waals surface area contributed by atoms with E-state index in [1.54, 1.807) is 0 Å². The highest BCUT2D eigenvalue weighted by molar-refractivity contribution is 5.02. The molecule has 0 radical (unpaired) electrons. The van der Waals surface area contributed by atoms with Gasteiger partial charge in [-0.2, -0.15) is 0 Å². The molecule has 0 N–H and O–H groups in total. The van der Waals surface area contributed by atoms with Gasteiger partial charge in [0, 0.05) is 0 Å². The molecule has 0 heteroatoms. The first-order valence-electron chi connectivity index (χ1n) is 4.53. The van der Waals surface area contributed by atoms with Crippen LogP contribution in [0.2, 0.25) is 0 Å². The Bertz CT molecular complexity index is 146. The molecule has 56 valence electrons. The van der Waals surface area contributed by atoms with Crippen molar-refractivity contribution in [3.8, 4) is 0 Å². The molecule has 2 saturated carbocycles. The van der Waals surface area contributed by atoms with Crippen molar-refractivity contribution in [3.63, 3.8) is 0 Å². The third-order valence-electron chi connectivity index (χ3n) is 3.24. The van der Waals surface area contributed by atoms with Gasteiger partial charge in [-0.1, -0.05) is 25.0 Å². The Morgan fingerprint density at radius 3 is 2.80 bits per heavy atom. The minimum absolute atomic E-state index is 1.04. The van der Waals surface area contributed by atoms with Gasteiger partial charge in [0.05, 0.1) is 0 Å². The maximum Gasteiger partial charge on any atom is -0.0292 e. The third-order valence-corrected chi connectivity index (χ3v) is 3.24. The van der Waals surface area contributed by atoms with Gasteiger partial charge in [0.25, 0.3) is 0 Å². The van der Waals surface area contributed by atoms with Crippen LogP contribution in [0.3, 0.4) is 0 Å². The van der Waals surface area contributed by atoms with E-state index in [0.29, 0.717) is 0 Å². The highest BCUT2D eigenvalue weighted by Gasteiger charge is 2.30. The molecule has 2 unspecified atom stereocenters. The monoisotopic (exact) mass is 136 g/mol. The van der Waals surface area contributed by atoms with E-state index in [2.05, 4.69) is 6.58 Å². The molecule has 0 spiro atoms. The average molecular weight is 136 g/mol. The molecule has 0 amide bonds. The lowest BCUT2D eigenvalue weighted by Crippen LogP contribution is -2.14. The SMILES string of the molecule is C=C1CCC2CCCC2C1. The van der Waals surface area contributed by atoms with E-state index >= 15 is 0 Å². The van der Waals surface area contributed by atoms with Crippen LogP contribution >= 0.6 is 0 Å². The third kappa shape index (κ3) is 1.00. The fraction of sp³-hybridized carbons (Fsp3) is 0.800. The molecule has 2 atom stereocenters. The number of allylic oxidation sites excluding steroid dienone is 1. The van der Waals surface area contributed by atoms with Crippen LogP contribution in [0.25, 0.3) is 0 Å². The highest BCUT2D eigenvalue weighted by Crippen LogP contribution is 2.43. The molecule has 2 aliphatic carbocycles. The smallest absolute Gasteiger partial charge is 0.0292 e. The molecule has 0 bridgehead atoms. The lowest BCUT2D eigenvalue weighted by Gasteiger charge is -2.26. The van der Waals surface area contributed by atoms with E-state index in [-0.39, 0.29) is 0 Å². The minimum Gasteiger partial charge on any atom is -0.0999 e. The van der Waals surface area contributed by atoms with E-state index in [9.17, 15) is 0 Å². The van der Waals surface area contributed by atoms with E-state index in [1.165, 1.54) is 44.1 Å². The van der Waals surface area contributed by atoms with Crippen LogP contribution in [0.4, 0.5) is 0 Å². The number of rotatable bonds is 0. The Balaban J connectivity index is 2.03. The normalized spacial score (nSPS) is 39.8. The molecule has 2 rings (SSSR count). The highest BCUT2D eigenvalue weighted by atomic mass is 14.4. The van der Waals surface area contributed by atoms with Crippen LogP contribution < -0.4 is 0 Å². The first-order chi connectivity index (χ1) is 4.86. The quantitative estimate of drug-likeness (QED) is 0.449. The Morgan fingerprint density at radius 2 is 1.90 bits per heavy atom. The van der Waals surface area contributed by atoms with Crippen LogP contribution in [-0.2, 0) is 0 Å². The Labute approximate surface area is 63.3 Å². The molecular formula is C10H16. The van der Waals surface area contributed by atoms with Crippen molar-refractivity contribution in [2.45, 2.75) is 38.5 Å². The predicted molar refractivity (Wildman–Crippen MR) is 43.8 cm³/mol. The van der Waals surface area contributed by atoms with Crippen molar-refractivity contribution in [2.24, 2.45) is 11.8 Å². The summed E-state index contributed by atoms with van der Waals surface area (Å²) >= 11 is 0. The summed E-state index contributed by atoms with van der Waals surface area (Å²) in [6.07, 6.45) is 8.61. The second-order valence-electron chi connectivity index (χ2n) is 3.94. The van der Waals surface area contributed by atoms with Crippen molar-refractivity contribution in [3.05, 3.63) is 12.2 Å². The molecule has 0 aromatic carbocycles. The summed E-state index contributed by atoms with van der Waals surface area (Å²) in [5, 5.41) is 0. The molecule has 0 heterocycles. The van der Waals surface area contributed by atoms with E-state index in [0.717, 1.165) is 11.8 Å². The van der Waals surface area contributed by atoms with Crippen LogP contribution in [0.1, 0.15) is 38.5 Å². The van der Waals surface area contributed by atoms with Gasteiger partial charge in [-0.3, -0.25) is 0 Å². The summed E-state index contributed by atoms with van der Waals surface area (Å²) in [4.78, 5) is 0. The van der Waals surface area contributed by atoms with Gasteiger partial charge in [0.15, 0.2) is 0 Å². The largest absolute Gasteiger partial charge is 0.0999 e. The summed E-state index contributed by atoms with van der Waals surface area (Å²) in [5.74, 6) is 2.13. The van der Waals surface area contributed by atoms with E-state index in [4.69, 9.17) is 0 Å². The summed E-state index contributed by atoms with van der Waals surface area (Å²) in [6, 6.07) is 0. The van der Waals surface area contributed by atoms with Crippen LogP contribution in [0.15, 0.2) is 12.2 Å². The van der Waals surface area contributed by atoms with Gasteiger partial charge in [-0.05, 0) is 37.5 Å². The summed E-state index contributed by atoms with van der Waals surface area (Å²) in [5.41, 5.74) is 1.52. The fourth-order valence-electron chi connectivity index (χ4n) is 2.62. The zero-order chi connectivity index (χ0) is 6.97. The molecule has 0 nitrogen and oxygen atoms in total. The molecule has 0 aromatic heterocycles. The van der Waals surface area contributed by atoms with E-state index < -0.39 is 0 Å². The number of hydrogen-bond donors (Lipinski definition) is 0. The standard InChI is InChI=1S/C10H16/c1-8-5-6-9-3-2-4-10(9)7-8/h9-10H,1-7H2. The lowest BCUT2D eigenvalue weighted by atomic mass is 9.80. The predicted octanol–water partition coefficient (Wildman–Crippen LogP) is 3.14. The van der Waals surface area contributed by atoms with Gasteiger partial charge < -0.3 is 0 Å². The number of fused-ring (bicyclic) bond motifs is 1. The first kappa shape index (κ1) is 6.45. The molecule has 0 aliphatic heterocycles. The Kier molecular flexibility index (Phi) is 1.55. The maximum atomic E-state index is 4.07. The van der Waals surface area contributed by atoms with Crippen LogP contribution in [0, 0.1) is 11.8 Å². The zero-order valence-corrected chi connectivity index (χ0v) is 6.60. The van der Waals surface area contributed by atoms with Gasteiger partial charge >= 0.3 is 0 Å². The minimum atomic E-state index is 1.04. The van der Waals surface area contributed by atoms with Crippen molar-refractivity contribution in [2.75, 3.05) is 0 Å². The van der Waals surface area contributed by atoms with Gasteiger partial charge in [-0.15, -0.1) is 0 Å². The second kappa shape index (κ2) is 2.41. The van der Waals surface area contributed by atoms with Gasteiger partial charge in [-0.25, -0.2) is 0 Å². The Hall–Kier alpha value is -0.260. The van der Waals surface area contributed by atoms with Crippen LogP contribution in [-0.4, -0.2) is 0 Å². The van der Waals surface area contributed by atoms with Crippen LogP contribution in [0.5, 0.6) is 0 Å². The summed E-state index contributed by atoms with van der Waals surface area (Å²) in [7, 11) is 0. The lowest BCUT2D eigenvalue weighted by molar-refractivity contribution is 0.324. The Morgan fingerprint density at radius 1 is 1.10 bits per heavy atom. The molecule has 10 heavy (non-hydrogen) atoms.